The third-order valence-electron chi connectivity index (χ3n) is 3.04. The summed E-state index contributed by atoms with van der Waals surface area (Å²) in [5.74, 6) is 0. The van der Waals surface area contributed by atoms with E-state index in [0.29, 0.717) is 0 Å². The van der Waals surface area contributed by atoms with Crippen LogP contribution in [0.25, 0.3) is 0 Å². The molecule has 1 heterocycles. The fourth-order valence-electron chi connectivity index (χ4n) is 1.87. The molecule has 1 aromatic carbocycles. The Labute approximate surface area is 122 Å². The quantitative estimate of drug-likeness (QED) is 0.937. The van der Waals surface area contributed by atoms with Crippen molar-refractivity contribution in [3.8, 4) is 0 Å². The van der Waals surface area contributed by atoms with Gasteiger partial charge in [0.1, 0.15) is 0 Å². The van der Waals surface area contributed by atoms with Gasteiger partial charge < -0.3 is 10.6 Å². The molecule has 100 valence electrons. The second-order valence-corrected chi connectivity index (χ2v) is 5.53. The number of aromatic nitrogens is 1. The number of anilines is 1. The van der Waals surface area contributed by atoms with Crippen molar-refractivity contribution >= 4 is 21.6 Å². The molecule has 0 fully saturated rings. The van der Waals surface area contributed by atoms with E-state index in [2.05, 4.69) is 51.1 Å². The highest BCUT2D eigenvalue weighted by molar-refractivity contribution is 9.10. The molecule has 0 saturated carbocycles. The molecular formula is C15H18BrN3. The van der Waals surface area contributed by atoms with Gasteiger partial charge >= 0.3 is 0 Å². The van der Waals surface area contributed by atoms with Crippen molar-refractivity contribution in [3.63, 3.8) is 0 Å². The van der Waals surface area contributed by atoms with Crippen molar-refractivity contribution in [1.82, 2.24) is 4.98 Å². The molecule has 0 aliphatic carbocycles. The van der Waals surface area contributed by atoms with Gasteiger partial charge in [0, 0.05) is 24.1 Å². The first-order valence-corrected chi connectivity index (χ1v) is 7.03. The summed E-state index contributed by atoms with van der Waals surface area (Å²) in [7, 11) is 2.06. The van der Waals surface area contributed by atoms with Crippen LogP contribution in [0.15, 0.2) is 47.1 Å². The zero-order valence-electron chi connectivity index (χ0n) is 11.2. The molecule has 0 saturated heterocycles. The Hall–Kier alpha value is -1.39. The molecule has 0 unspecified atom stereocenters. The first kappa shape index (κ1) is 14.0. The van der Waals surface area contributed by atoms with E-state index < -0.39 is 0 Å². The third kappa shape index (κ3) is 3.55. The second-order valence-electron chi connectivity index (χ2n) is 4.68. The van der Waals surface area contributed by atoms with Gasteiger partial charge in [-0.15, -0.1) is 0 Å². The summed E-state index contributed by atoms with van der Waals surface area (Å²) in [6.45, 7) is 2.77. The molecule has 2 N–H and O–H groups in total. The topological polar surface area (TPSA) is 42.1 Å². The van der Waals surface area contributed by atoms with Crippen molar-refractivity contribution in [1.29, 1.82) is 0 Å². The number of benzene rings is 1. The van der Waals surface area contributed by atoms with Gasteiger partial charge in [0.2, 0.25) is 0 Å². The Kier molecular flexibility index (Phi) is 4.56. The maximum absolute atomic E-state index is 5.80. The maximum Gasteiger partial charge on any atom is 0.0569 e. The largest absolute Gasteiger partial charge is 0.369 e. The fourth-order valence-corrected chi connectivity index (χ4v) is 2.28. The highest BCUT2D eigenvalue weighted by Crippen LogP contribution is 2.21. The van der Waals surface area contributed by atoms with Crippen LogP contribution in [0.1, 0.15) is 24.2 Å². The van der Waals surface area contributed by atoms with E-state index >= 15 is 0 Å². The van der Waals surface area contributed by atoms with E-state index in [0.717, 1.165) is 22.4 Å². The Bertz CT molecular complexity index is 537. The predicted molar refractivity (Wildman–Crippen MR) is 83.1 cm³/mol. The number of nitrogens with two attached hydrogens (primary N) is 1. The van der Waals surface area contributed by atoms with Crippen LogP contribution in [0.5, 0.6) is 0 Å². The minimum absolute atomic E-state index is 0.0253. The second kappa shape index (κ2) is 6.17. The molecule has 0 aliphatic rings. The van der Waals surface area contributed by atoms with Crippen LogP contribution in [-0.2, 0) is 6.54 Å². The number of nitrogens with zero attached hydrogens (tertiary/aromatic N) is 2. The lowest BCUT2D eigenvalue weighted by molar-refractivity contribution is 0.779. The van der Waals surface area contributed by atoms with Gasteiger partial charge in [0.25, 0.3) is 0 Å². The van der Waals surface area contributed by atoms with E-state index in [1.807, 2.05) is 31.3 Å². The van der Waals surface area contributed by atoms with E-state index in [4.69, 9.17) is 5.73 Å². The van der Waals surface area contributed by atoms with E-state index in [-0.39, 0.29) is 6.04 Å². The number of hydrogen-bond acceptors (Lipinski definition) is 3. The maximum atomic E-state index is 5.80. The molecule has 1 aromatic heterocycles. The summed E-state index contributed by atoms with van der Waals surface area (Å²) < 4.78 is 1.13. The molecule has 19 heavy (non-hydrogen) atoms. The normalized spacial score (nSPS) is 12.2. The average molecular weight is 320 g/mol. The minimum Gasteiger partial charge on any atom is -0.369 e. The Balaban J connectivity index is 2.12. The van der Waals surface area contributed by atoms with Gasteiger partial charge in [-0.2, -0.15) is 0 Å². The van der Waals surface area contributed by atoms with E-state index in [1.54, 1.807) is 0 Å². The Morgan fingerprint density at radius 2 is 2.00 bits per heavy atom. The minimum atomic E-state index is -0.0253. The molecule has 2 aromatic rings. The first-order valence-electron chi connectivity index (χ1n) is 6.24. The Morgan fingerprint density at radius 1 is 1.26 bits per heavy atom. The van der Waals surface area contributed by atoms with Gasteiger partial charge in [0.05, 0.1) is 17.6 Å². The summed E-state index contributed by atoms with van der Waals surface area (Å²) in [5.41, 5.74) is 9.05. The smallest absolute Gasteiger partial charge is 0.0569 e. The lowest BCUT2D eigenvalue weighted by Crippen LogP contribution is -2.17. The molecule has 1 atom stereocenters. The van der Waals surface area contributed by atoms with Crippen LogP contribution in [0.3, 0.4) is 0 Å². The van der Waals surface area contributed by atoms with Gasteiger partial charge in [0.15, 0.2) is 0 Å². The first-order chi connectivity index (χ1) is 9.08. The molecule has 0 amide bonds. The summed E-state index contributed by atoms with van der Waals surface area (Å²) in [6.07, 6.45) is 1.87. The highest BCUT2D eigenvalue weighted by atomic mass is 79.9. The van der Waals surface area contributed by atoms with Crippen molar-refractivity contribution in [3.05, 3.63) is 58.3 Å². The zero-order chi connectivity index (χ0) is 13.8. The molecule has 0 bridgehead atoms. The predicted octanol–water partition coefficient (Wildman–Crippen LogP) is 3.50. The summed E-state index contributed by atoms with van der Waals surface area (Å²) in [4.78, 5) is 6.55. The van der Waals surface area contributed by atoms with Gasteiger partial charge in [-0.25, -0.2) is 0 Å². The fraction of sp³-hybridized carbons (Fsp3) is 0.267. The molecule has 0 radical (unpaired) electrons. The van der Waals surface area contributed by atoms with E-state index in [9.17, 15) is 0 Å². The summed E-state index contributed by atoms with van der Waals surface area (Å²) in [5, 5.41) is 0. The lowest BCUT2D eigenvalue weighted by atomic mass is 10.2. The van der Waals surface area contributed by atoms with Crippen LogP contribution in [0.2, 0.25) is 0 Å². The zero-order valence-corrected chi connectivity index (χ0v) is 12.8. The van der Waals surface area contributed by atoms with Gasteiger partial charge in [-0.3, -0.25) is 4.98 Å². The van der Waals surface area contributed by atoms with Crippen LogP contribution >= 0.6 is 15.9 Å². The number of halogens is 1. The number of hydrogen-bond donors (Lipinski definition) is 1. The van der Waals surface area contributed by atoms with Crippen LogP contribution in [0.4, 0.5) is 5.69 Å². The number of rotatable bonds is 4. The van der Waals surface area contributed by atoms with Crippen LogP contribution in [-0.4, -0.2) is 12.0 Å². The molecular weight excluding hydrogens is 302 g/mol. The molecule has 0 aliphatic heterocycles. The van der Waals surface area contributed by atoms with Gasteiger partial charge in [-0.05, 0) is 30.7 Å². The highest BCUT2D eigenvalue weighted by Gasteiger charge is 2.06. The average Bonchev–Trinajstić information content (AvgIpc) is 2.41. The third-order valence-corrected chi connectivity index (χ3v) is 3.82. The lowest BCUT2D eigenvalue weighted by Gasteiger charge is -2.20. The number of pyridine rings is 1. The van der Waals surface area contributed by atoms with Crippen molar-refractivity contribution in [2.45, 2.75) is 19.5 Å². The van der Waals surface area contributed by atoms with E-state index in [1.165, 1.54) is 5.56 Å². The Morgan fingerprint density at radius 3 is 2.58 bits per heavy atom. The molecule has 4 heteroatoms. The van der Waals surface area contributed by atoms with Crippen LogP contribution in [0, 0.1) is 0 Å². The standard InChI is InChI=1S/C15H18BrN3/c1-11(17)15-8-7-13(9-18-15)19(2)10-12-5-3-4-6-14(12)16/h3-9,11H,10,17H2,1-2H3/t11-/m1/s1. The van der Waals surface area contributed by atoms with Crippen LogP contribution < -0.4 is 10.6 Å². The molecule has 3 nitrogen and oxygen atoms in total. The van der Waals surface area contributed by atoms with Gasteiger partial charge in [-0.1, -0.05) is 34.1 Å². The summed E-state index contributed by atoms with van der Waals surface area (Å²) >= 11 is 3.57. The van der Waals surface area contributed by atoms with Crippen molar-refractivity contribution in [2.75, 3.05) is 11.9 Å². The summed E-state index contributed by atoms with van der Waals surface area (Å²) in [6, 6.07) is 12.3. The monoisotopic (exact) mass is 319 g/mol. The molecule has 2 rings (SSSR count). The van der Waals surface area contributed by atoms with Crippen molar-refractivity contribution < 1.29 is 0 Å². The molecule has 0 spiro atoms. The van der Waals surface area contributed by atoms with Crippen molar-refractivity contribution in [2.24, 2.45) is 5.73 Å². The SMILES string of the molecule is C[C@@H](N)c1ccc(N(C)Cc2ccccc2Br)cn1.